The molecule has 2 amide bonds. The molecule has 2 unspecified atom stereocenters. The minimum absolute atomic E-state index is 0.0300. The molecule has 2 aromatic rings. The second-order valence-corrected chi connectivity index (χ2v) is 7.94. The van der Waals surface area contributed by atoms with Crippen molar-refractivity contribution in [3.63, 3.8) is 0 Å². The highest BCUT2D eigenvalue weighted by Gasteiger charge is 2.42. The fourth-order valence-electron chi connectivity index (χ4n) is 3.57. The van der Waals surface area contributed by atoms with Crippen LogP contribution in [0.5, 0.6) is 5.75 Å². The van der Waals surface area contributed by atoms with Gasteiger partial charge in [-0.2, -0.15) is 0 Å². The Bertz CT molecular complexity index is 1090. The summed E-state index contributed by atoms with van der Waals surface area (Å²) in [4.78, 5) is 26.2. The van der Waals surface area contributed by atoms with E-state index in [0.717, 1.165) is 11.6 Å². The molecule has 30 heavy (non-hydrogen) atoms. The maximum atomic E-state index is 13.4. The summed E-state index contributed by atoms with van der Waals surface area (Å²) in [5, 5.41) is 13.8. The Labute approximate surface area is 181 Å². The number of aliphatic hydroxyl groups is 1. The standard InChI is InChI=1S/C21H17Cl2FN2O4/c1-10-17(25-19(27)9-30-12-3-5-15(23)16(24)7-12)8-18(10)26-20(28)13-4-2-11(22)6-14(13)21(26)29/h2-7,17,21,29H,8-9H2,1H3,(H,25,27). The summed E-state index contributed by atoms with van der Waals surface area (Å²) in [6.45, 7) is 1.49. The normalized spacial score (nSPS) is 20.2. The number of carbonyl (C=O) groups excluding carboxylic acids is 2. The Kier molecular flexibility index (Phi) is 5.44. The SMILES string of the molecule is CC1=C(N2C(=O)c3ccc(Cl)cc3C2O)CC1NC(=O)COc1ccc(Cl)c(F)c1. The lowest BCUT2D eigenvalue weighted by Crippen LogP contribution is -2.47. The highest BCUT2D eigenvalue weighted by molar-refractivity contribution is 6.31. The second-order valence-electron chi connectivity index (χ2n) is 7.10. The van der Waals surface area contributed by atoms with Gasteiger partial charge in [-0.1, -0.05) is 23.2 Å². The first kappa shape index (κ1) is 20.7. The van der Waals surface area contributed by atoms with Crippen molar-refractivity contribution in [2.24, 2.45) is 0 Å². The number of nitrogens with one attached hydrogen (secondary N) is 1. The smallest absolute Gasteiger partial charge is 0.260 e. The van der Waals surface area contributed by atoms with Gasteiger partial charge in [0.15, 0.2) is 12.8 Å². The van der Waals surface area contributed by atoms with Crippen LogP contribution in [0.3, 0.4) is 0 Å². The third kappa shape index (κ3) is 3.64. The third-order valence-corrected chi connectivity index (χ3v) is 5.79. The Morgan fingerprint density at radius 1 is 1.30 bits per heavy atom. The monoisotopic (exact) mass is 450 g/mol. The molecule has 156 valence electrons. The number of amides is 2. The van der Waals surface area contributed by atoms with Gasteiger partial charge in [-0.05, 0) is 42.8 Å². The number of halogens is 3. The van der Waals surface area contributed by atoms with E-state index >= 15 is 0 Å². The van der Waals surface area contributed by atoms with Gasteiger partial charge in [0.2, 0.25) is 0 Å². The van der Waals surface area contributed by atoms with Crippen LogP contribution < -0.4 is 10.1 Å². The maximum Gasteiger partial charge on any atom is 0.260 e. The predicted octanol–water partition coefficient (Wildman–Crippen LogP) is 3.82. The zero-order valence-electron chi connectivity index (χ0n) is 15.8. The summed E-state index contributed by atoms with van der Waals surface area (Å²) >= 11 is 11.6. The van der Waals surface area contributed by atoms with Crippen LogP contribution in [0, 0.1) is 5.82 Å². The molecule has 0 aromatic heterocycles. The number of aliphatic hydroxyl groups excluding tert-OH is 1. The first-order valence-electron chi connectivity index (χ1n) is 9.14. The fourth-order valence-corrected chi connectivity index (χ4v) is 3.87. The molecule has 0 spiro atoms. The molecule has 0 saturated carbocycles. The van der Waals surface area contributed by atoms with Gasteiger partial charge in [-0.3, -0.25) is 14.5 Å². The first-order valence-corrected chi connectivity index (χ1v) is 9.89. The van der Waals surface area contributed by atoms with E-state index in [9.17, 15) is 19.1 Å². The average molecular weight is 451 g/mol. The Balaban J connectivity index is 1.38. The minimum atomic E-state index is -1.11. The molecule has 2 N–H and O–H groups in total. The molecule has 1 heterocycles. The van der Waals surface area contributed by atoms with E-state index in [2.05, 4.69) is 5.32 Å². The zero-order valence-corrected chi connectivity index (χ0v) is 17.3. The molecule has 9 heteroatoms. The molecule has 0 fully saturated rings. The van der Waals surface area contributed by atoms with Crippen molar-refractivity contribution < 1.29 is 23.8 Å². The third-order valence-electron chi connectivity index (χ3n) is 5.25. The Morgan fingerprint density at radius 2 is 2.07 bits per heavy atom. The molecule has 4 rings (SSSR count). The lowest BCUT2D eigenvalue weighted by molar-refractivity contribution is -0.123. The molecule has 0 bridgehead atoms. The van der Waals surface area contributed by atoms with E-state index in [1.807, 2.05) is 0 Å². The van der Waals surface area contributed by atoms with Crippen LogP contribution >= 0.6 is 23.2 Å². The minimum Gasteiger partial charge on any atom is -0.484 e. The van der Waals surface area contributed by atoms with Crippen LogP contribution in [0.4, 0.5) is 4.39 Å². The van der Waals surface area contributed by atoms with Gasteiger partial charge < -0.3 is 15.2 Å². The summed E-state index contributed by atoms with van der Waals surface area (Å²) in [6.07, 6.45) is -0.728. The number of hydrogen-bond donors (Lipinski definition) is 2. The van der Waals surface area contributed by atoms with Crippen LogP contribution in [0.15, 0.2) is 47.7 Å². The van der Waals surface area contributed by atoms with E-state index in [1.165, 1.54) is 17.0 Å². The van der Waals surface area contributed by atoms with Crippen molar-refractivity contribution in [3.05, 3.63) is 74.7 Å². The molecule has 2 atom stereocenters. The summed E-state index contributed by atoms with van der Waals surface area (Å²) in [6, 6.07) is 8.40. The number of ether oxygens (including phenoxy) is 1. The van der Waals surface area contributed by atoms with Crippen LogP contribution in [0.25, 0.3) is 0 Å². The van der Waals surface area contributed by atoms with Crippen molar-refractivity contribution in [1.29, 1.82) is 0 Å². The van der Waals surface area contributed by atoms with Gasteiger partial charge in [-0.15, -0.1) is 0 Å². The molecule has 2 aromatic carbocycles. The van der Waals surface area contributed by atoms with Crippen molar-refractivity contribution >= 4 is 35.0 Å². The van der Waals surface area contributed by atoms with Crippen LogP contribution in [-0.4, -0.2) is 34.5 Å². The van der Waals surface area contributed by atoms with Crippen molar-refractivity contribution in [2.75, 3.05) is 6.61 Å². The number of hydrogen-bond acceptors (Lipinski definition) is 4. The quantitative estimate of drug-likeness (QED) is 0.725. The second kappa shape index (κ2) is 7.91. The first-order chi connectivity index (χ1) is 14.3. The van der Waals surface area contributed by atoms with Crippen LogP contribution in [-0.2, 0) is 4.79 Å². The van der Waals surface area contributed by atoms with Gasteiger partial charge in [0.25, 0.3) is 11.8 Å². The molecule has 2 aliphatic rings. The fraction of sp³-hybridized carbons (Fsp3) is 0.238. The van der Waals surface area contributed by atoms with E-state index in [4.69, 9.17) is 27.9 Å². The largest absolute Gasteiger partial charge is 0.484 e. The van der Waals surface area contributed by atoms with E-state index in [-0.39, 0.29) is 29.3 Å². The van der Waals surface area contributed by atoms with Gasteiger partial charge >= 0.3 is 0 Å². The summed E-state index contributed by atoms with van der Waals surface area (Å²) in [5.74, 6) is -1.14. The maximum absolute atomic E-state index is 13.4. The highest BCUT2D eigenvalue weighted by atomic mass is 35.5. The molecule has 1 aliphatic heterocycles. The van der Waals surface area contributed by atoms with Crippen molar-refractivity contribution in [1.82, 2.24) is 10.2 Å². The predicted molar refractivity (Wildman–Crippen MR) is 109 cm³/mol. The van der Waals surface area contributed by atoms with E-state index < -0.39 is 18.0 Å². The molecule has 1 aliphatic carbocycles. The number of rotatable bonds is 5. The molecular weight excluding hydrogens is 434 g/mol. The lowest BCUT2D eigenvalue weighted by Gasteiger charge is -2.38. The van der Waals surface area contributed by atoms with Crippen molar-refractivity contribution in [3.8, 4) is 5.75 Å². The molecule has 0 radical (unpaired) electrons. The van der Waals surface area contributed by atoms with Gasteiger partial charge in [0, 0.05) is 34.3 Å². The van der Waals surface area contributed by atoms with Crippen LogP contribution in [0.1, 0.15) is 35.5 Å². The summed E-state index contributed by atoms with van der Waals surface area (Å²) < 4.78 is 18.7. The molecule has 6 nitrogen and oxygen atoms in total. The van der Waals surface area contributed by atoms with Crippen LogP contribution in [0.2, 0.25) is 10.0 Å². The van der Waals surface area contributed by atoms with Gasteiger partial charge in [0.1, 0.15) is 11.6 Å². The Morgan fingerprint density at radius 3 is 2.77 bits per heavy atom. The highest BCUT2D eigenvalue weighted by Crippen LogP contribution is 2.42. The van der Waals surface area contributed by atoms with Gasteiger partial charge in [-0.25, -0.2) is 4.39 Å². The number of fused-ring (bicyclic) bond motifs is 1. The van der Waals surface area contributed by atoms with E-state index in [0.29, 0.717) is 28.3 Å². The summed E-state index contributed by atoms with van der Waals surface area (Å²) in [5.41, 5.74) is 2.30. The number of carbonyl (C=O) groups is 2. The van der Waals surface area contributed by atoms with Crippen molar-refractivity contribution in [2.45, 2.75) is 25.6 Å². The number of nitrogens with zero attached hydrogens (tertiary/aromatic N) is 1. The lowest BCUT2D eigenvalue weighted by atomic mass is 9.88. The summed E-state index contributed by atoms with van der Waals surface area (Å²) in [7, 11) is 0. The zero-order chi connectivity index (χ0) is 21.6. The van der Waals surface area contributed by atoms with E-state index in [1.54, 1.807) is 25.1 Å². The molecular formula is C21H17Cl2FN2O4. The topological polar surface area (TPSA) is 78.9 Å². The Hall–Kier alpha value is -2.61. The molecule has 0 saturated heterocycles. The van der Waals surface area contributed by atoms with Gasteiger partial charge in [0.05, 0.1) is 11.1 Å². The number of benzene rings is 2. The average Bonchev–Trinajstić information content (AvgIpc) is 2.95.